The van der Waals surface area contributed by atoms with Gasteiger partial charge in [0.05, 0.1) is 24.0 Å². The molecule has 1 amide bonds. The molecule has 3 aromatic rings. The molecule has 26 heavy (non-hydrogen) atoms. The maximum atomic E-state index is 12.7. The lowest BCUT2D eigenvalue weighted by Crippen LogP contribution is -2.36. The highest BCUT2D eigenvalue weighted by molar-refractivity contribution is 7.00. The van der Waals surface area contributed by atoms with Crippen LogP contribution in [0.4, 0.5) is 5.69 Å². The number of carbonyl (C=O) groups excluding carboxylic acids is 1. The van der Waals surface area contributed by atoms with E-state index in [9.17, 15) is 4.79 Å². The Bertz CT molecular complexity index is 891. The largest absolute Gasteiger partial charge is 0.323 e. The molecule has 1 aromatic heterocycles. The monoisotopic (exact) mass is 366 g/mol. The minimum atomic E-state index is -0.00562. The van der Waals surface area contributed by atoms with Crippen LogP contribution in [0, 0.1) is 5.92 Å². The van der Waals surface area contributed by atoms with Gasteiger partial charge in [-0.2, -0.15) is 8.75 Å². The lowest BCUT2D eigenvalue weighted by Gasteiger charge is -2.29. The summed E-state index contributed by atoms with van der Waals surface area (Å²) in [5.74, 6) is 0.717. The molecule has 1 heterocycles. The van der Waals surface area contributed by atoms with Crippen LogP contribution in [0.2, 0.25) is 0 Å². The summed E-state index contributed by atoms with van der Waals surface area (Å²) in [5.41, 5.74) is 3.56. The van der Waals surface area contributed by atoms with Gasteiger partial charge in [0, 0.05) is 12.6 Å². The molecule has 1 N–H and O–H groups in total. The van der Waals surface area contributed by atoms with Gasteiger partial charge in [-0.05, 0) is 43.4 Å². The van der Waals surface area contributed by atoms with Crippen LogP contribution in [-0.2, 0) is 4.79 Å². The number of amides is 1. The molecule has 0 spiro atoms. The van der Waals surface area contributed by atoms with Crippen LogP contribution in [0.1, 0.15) is 31.4 Å². The van der Waals surface area contributed by atoms with Crippen molar-refractivity contribution in [3.05, 3.63) is 54.1 Å². The minimum Gasteiger partial charge on any atom is -0.323 e. The summed E-state index contributed by atoms with van der Waals surface area (Å²) in [7, 11) is 0. The Morgan fingerprint density at radius 1 is 1.19 bits per heavy atom. The fourth-order valence-electron chi connectivity index (χ4n) is 3.22. The first-order valence-electron chi connectivity index (χ1n) is 9.01. The number of benzene rings is 2. The standard InChI is InChI=1S/C20H22N4OS/c1-14(16-6-3-2-4-7-16)24(12-15-10-11-15)13-19(25)21-17-8-5-9-18-20(17)23-26-22-18/h2-9,14-15H,10-13H2,1H3,(H,21,25). The molecule has 134 valence electrons. The summed E-state index contributed by atoms with van der Waals surface area (Å²) in [6.45, 7) is 3.52. The van der Waals surface area contributed by atoms with Crippen molar-refractivity contribution in [2.75, 3.05) is 18.4 Å². The topological polar surface area (TPSA) is 58.1 Å². The summed E-state index contributed by atoms with van der Waals surface area (Å²) in [4.78, 5) is 15.0. The van der Waals surface area contributed by atoms with E-state index in [-0.39, 0.29) is 11.9 Å². The number of nitrogens with one attached hydrogen (secondary N) is 1. The normalized spacial score (nSPS) is 15.3. The van der Waals surface area contributed by atoms with E-state index in [2.05, 4.69) is 50.2 Å². The number of hydrogen-bond acceptors (Lipinski definition) is 5. The lowest BCUT2D eigenvalue weighted by atomic mass is 10.1. The van der Waals surface area contributed by atoms with E-state index in [4.69, 9.17) is 0 Å². The predicted molar refractivity (Wildman–Crippen MR) is 105 cm³/mol. The van der Waals surface area contributed by atoms with Gasteiger partial charge in [-0.3, -0.25) is 9.69 Å². The molecule has 1 fully saturated rings. The van der Waals surface area contributed by atoms with Crippen LogP contribution < -0.4 is 5.32 Å². The van der Waals surface area contributed by atoms with E-state index in [0.29, 0.717) is 6.54 Å². The SMILES string of the molecule is CC(c1ccccc1)N(CC(=O)Nc1cccc2nsnc12)CC1CC1. The molecule has 0 bridgehead atoms. The van der Waals surface area contributed by atoms with Crippen molar-refractivity contribution in [1.29, 1.82) is 0 Å². The van der Waals surface area contributed by atoms with Gasteiger partial charge in [-0.15, -0.1) is 0 Å². The van der Waals surface area contributed by atoms with Gasteiger partial charge >= 0.3 is 0 Å². The molecule has 1 atom stereocenters. The van der Waals surface area contributed by atoms with Gasteiger partial charge in [-0.1, -0.05) is 36.4 Å². The van der Waals surface area contributed by atoms with Crippen LogP contribution in [0.3, 0.4) is 0 Å². The highest BCUT2D eigenvalue weighted by Crippen LogP contribution is 2.32. The van der Waals surface area contributed by atoms with Crippen molar-refractivity contribution in [3.8, 4) is 0 Å². The minimum absolute atomic E-state index is 0.00562. The number of hydrogen-bond donors (Lipinski definition) is 1. The van der Waals surface area contributed by atoms with Crippen LogP contribution in [0.15, 0.2) is 48.5 Å². The van der Waals surface area contributed by atoms with Crippen molar-refractivity contribution in [3.63, 3.8) is 0 Å². The van der Waals surface area contributed by atoms with Crippen molar-refractivity contribution < 1.29 is 4.79 Å². The Hall–Kier alpha value is -2.31. The van der Waals surface area contributed by atoms with Crippen LogP contribution in [0.5, 0.6) is 0 Å². The Balaban J connectivity index is 1.48. The summed E-state index contributed by atoms with van der Waals surface area (Å²) >= 11 is 1.17. The first-order valence-corrected chi connectivity index (χ1v) is 9.74. The van der Waals surface area contributed by atoms with Gasteiger partial charge in [0.1, 0.15) is 11.0 Å². The summed E-state index contributed by atoms with van der Waals surface area (Å²) < 4.78 is 8.53. The van der Waals surface area contributed by atoms with Gasteiger partial charge in [0.25, 0.3) is 0 Å². The highest BCUT2D eigenvalue weighted by atomic mass is 32.1. The van der Waals surface area contributed by atoms with Gasteiger partial charge in [0.15, 0.2) is 0 Å². The van der Waals surface area contributed by atoms with E-state index in [1.165, 1.54) is 30.1 Å². The number of aromatic nitrogens is 2. The third-order valence-corrected chi connectivity index (χ3v) is 5.47. The van der Waals surface area contributed by atoms with Crippen molar-refractivity contribution in [1.82, 2.24) is 13.6 Å². The van der Waals surface area contributed by atoms with Crippen LogP contribution >= 0.6 is 11.7 Å². The molecule has 1 saturated carbocycles. The molecular weight excluding hydrogens is 344 g/mol. The zero-order chi connectivity index (χ0) is 17.9. The maximum Gasteiger partial charge on any atom is 0.238 e. The van der Waals surface area contributed by atoms with Crippen molar-refractivity contribution >= 4 is 34.4 Å². The number of nitrogens with zero attached hydrogens (tertiary/aromatic N) is 3. The fourth-order valence-corrected chi connectivity index (χ4v) is 3.76. The molecule has 6 heteroatoms. The Labute approximate surface area is 157 Å². The molecule has 1 unspecified atom stereocenters. The molecule has 2 aromatic carbocycles. The Morgan fingerprint density at radius 2 is 2.00 bits per heavy atom. The molecule has 0 radical (unpaired) electrons. The van der Waals surface area contributed by atoms with Crippen LogP contribution in [0.25, 0.3) is 11.0 Å². The third-order valence-electron chi connectivity index (χ3n) is 4.93. The number of anilines is 1. The number of carbonyl (C=O) groups is 1. The molecule has 1 aliphatic carbocycles. The molecule has 0 aliphatic heterocycles. The van der Waals surface area contributed by atoms with E-state index in [1.807, 2.05) is 24.3 Å². The molecular formula is C20H22N4OS. The molecule has 4 rings (SSSR count). The van der Waals surface area contributed by atoms with Crippen molar-refractivity contribution in [2.24, 2.45) is 5.92 Å². The second-order valence-corrected chi connectivity index (χ2v) is 7.47. The Morgan fingerprint density at radius 3 is 2.77 bits per heavy atom. The summed E-state index contributed by atoms with van der Waals surface area (Å²) in [6.07, 6.45) is 2.53. The first kappa shape index (κ1) is 17.1. The fraction of sp³-hybridized carbons (Fsp3) is 0.350. The zero-order valence-electron chi connectivity index (χ0n) is 14.8. The Kier molecular flexibility index (Phi) is 4.95. The highest BCUT2D eigenvalue weighted by Gasteiger charge is 2.28. The van der Waals surface area contributed by atoms with E-state index in [0.717, 1.165) is 29.2 Å². The second-order valence-electron chi connectivity index (χ2n) is 6.95. The smallest absolute Gasteiger partial charge is 0.238 e. The van der Waals surface area contributed by atoms with Crippen molar-refractivity contribution in [2.45, 2.75) is 25.8 Å². The van der Waals surface area contributed by atoms with Crippen LogP contribution in [-0.4, -0.2) is 32.6 Å². The van der Waals surface area contributed by atoms with Gasteiger partial charge in [-0.25, -0.2) is 0 Å². The van der Waals surface area contributed by atoms with Gasteiger partial charge < -0.3 is 5.32 Å². The second kappa shape index (κ2) is 7.51. The lowest BCUT2D eigenvalue weighted by molar-refractivity contribution is -0.117. The average Bonchev–Trinajstić information content (AvgIpc) is 3.34. The van der Waals surface area contributed by atoms with E-state index >= 15 is 0 Å². The molecule has 0 saturated heterocycles. The van der Waals surface area contributed by atoms with Gasteiger partial charge in [0.2, 0.25) is 5.91 Å². The average molecular weight is 366 g/mol. The summed E-state index contributed by atoms with van der Waals surface area (Å²) in [6, 6.07) is 16.3. The predicted octanol–water partition coefficient (Wildman–Crippen LogP) is 4.10. The maximum absolute atomic E-state index is 12.7. The van der Waals surface area contributed by atoms with E-state index < -0.39 is 0 Å². The number of rotatable bonds is 7. The quantitative estimate of drug-likeness (QED) is 0.684. The third kappa shape index (κ3) is 3.92. The molecule has 1 aliphatic rings. The first-order chi connectivity index (χ1) is 12.7. The molecule has 5 nitrogen and oxygen atoms in total. The zero-order valence-corrected chi connectivity index (χ0v) is 15.6. The number of fused-ring (bicyclic) bond motifs is 1. The van der Waals surface area contributed by atoms with E-state index in [1.54, 1.807) is 0 Å². The summed E-state index contributed by atoms with van der Waals surface area (Å²) in [5, 5.41) is 3.03.